The van der Waals surface area contributed by atoms with E-state index in [2.05, 4.69) is 412 Å². The molecule has 0 fully saturated rings. The molecule has 0 unspecified atom stereocenters. The highest BCUT2D eigenvalue weighted by Gasteiger charge is 2.48. The van der Waals surface area contributed by atoms with Crippen molar-refractivity contribution in [2.45, 2.75) is 24.7 Å². The Kier molecular flexibility index (Phi) is 14.8. The predicted octanol–water partition coefficient (Wildman–Crippen LogP) is 27.2. The molecule has 0 aliphatic heterocycles. The van der Waals surface area contributed by atoms with Crippen LogP contribution in [0.4, 0.5) is 34.1 Å². The molecular formula is C100H70N2O. The number of benzene rings is 16. The molecule has 0 saturated carbocycles. The first-order valence-corrected chi connectivity index (χ1v) is 35.7. The number of hydrogen-bond donors (Lipinski definition) is 0. The van der Waals surface area contributed by atoms with Crippen LogP contribution >= 0.6 is 0 Å². The molecule has 0 atom stereocenters. The molecule has 2 aliphatic carbocycles. The summed E-state index contributed by atoms with van der Waals surface area (Å²) in [6.07, 6.45) is 0. The average Bonchev–Trinajstić information content (AvgIpc) is 1.54. The van der Waals surface area contributed by atoms with Crippen molar-refractivity contribution in [2.24, 2.45) is 0 Å². The maximum Gasteiger partial charge on any atom is 0.143 e. The molecule has 0 N–H and O–H groups in total. The molecule has 0 saturated heterocycles. The molecule has 0 amide bonds. The third-order valence-corrected chi connectivity index (χ3v) is 21.8. The Balaban J connectivity index is 0.708. The van der Waals surface area contributed by atoms with Gasteiger partial charge in [0.15, 0.2) is 0 Å². The second-order valence-corrected chi connectivity index (χ2v) is 27.8. The quantitative estimate of drug-likeness (QED) is 0.108. The zero-order chi connectivity index (χ0) is 68.6. The Labute approximate surface area is 601 Å². The van der Waals surface area contributed by atoms with Gasteiger partial charge in [-0.2, -0.15) is 0 Å². The zero-order valence-corrected chi connectivity index (χ0v) is 57.3. The molecule has 1 heterocycles. The smallest absolute Gasteiger partial charge is 0.143 e. The molecule has 3 nitrogen and oxygen atoms in total. The van der Waals surface area contributed by atoms with Crippen molar-refractivity contribution in [3.05, 3.63) is 422 Å². The third-order valence-electron chi connectivity index (χ3n) is 21.8. The molecule has 486 valence electrons. The van der Waals surface area contributed by atoms with E-state index in [4.69, 9.17) is 4.42 Å². The minimum Gasteiger partial charge on any atom is -0.455 e. The number of anilines is 6. The molecule has 0 radical (unpaired) electrons. The van der Waals surface area contributed by atoms with Gasteiger partial charge in [0, 0.05) is 55.6 Å². The van der Waals surface area contributed by atoms with E-state index in [9.17, 15) is 0 Å². The number of nitrogens with zero attached hydrogens (tertiary/aromatic N) is 2. The van der Waals surface area contributed by atoms with Crippen LogP contribution in [-0.4, -0.2) is 0 Å². The van der Waals surface area contributed by atoms with Gasteiger partial charge in [0.25, 0.3) is 0 Å². The summed E-state index contributed by atoms with van der Waals surface area (Å²) in [6.45, 7) is 4.83. The molecular weight excluding hydrogens is 1250 g/mol. The molecule has 0 bridgehead atoms. The first-order valence-electron chi connectivity index (χ1n) is 35.7. The number of furan rings is 1. The van der Waals surface area contributed by atoms with E-state index in [-0.39, 0.29) is 5.41 Å². The van der Waals surface area contributed by atoms with Crippen LogP contribution in [0.1, 0.15) is 47.2 Å². The fourth-order valence-corrected chi connectivity index (χ4v) is 16.8. The molecule has 16 aromatic carbocycles. The predicted molar refractivity (Wildman–Crippen MR) is 431 cm³/mol. The van der Waals surface area contributed by atoms with E-state index in [0.717, 1.165) is 95.0 Å². The Morgan fingerprint density at radius 2 is 0.650 bits per heavy atom. The highest BCUT2D eigenvalue weighted by Crippen LogP contribution is 2.61. The molecule has 1 aromatic heterocycles. The summed E-state index contributed by atoms with van der Waals surface area (Å²) < 4.78 is 6.92. The lowest BCUT2D eigenvalue weighted by Crippen LogP contribution is -2.28. The van der Waals surface area contributed by atoms with E-state index in [1.807, 2.05) is 0 Å². The fourth-order valence-electron chi connectivity index (χ4n) is 16.8. The van der Waals surface area contributed by atoms with Crippen LogP contribution in [0.5, 0.6) is 0 Å². The summed E-state index contributed by atoms with van der Waals surface area (Å²) in [5, 5.41) is 2.18. The van der Waals surface area contributed by atoms with Crippen LogP contribution in [0, 0.1) is 0 Å². The average molecular weight is 1320 g/mol. The normalized spacial score (nSPS) is 12.9. The summed E-state index contributed by atoms with van der Waals surface area (Å²) in [7, 11) is 0. The molecule has 19 rings (SSSR count). The van der Waals surface area contributed by atoms with Gasteiger partial charge in [-0.3, -0.25) is 0 Å². The van der Waals surface area contributed by atoms with Gasteiger partial charge in [-0.25, -0.2) is 0 Å². The van der Waals surface area contributed by atoms with Crippen LogP contribution in [0.15, 0.2) is 393 Å². The van der Waals surface area contributed by atoms with E-state index in [1.54, 1.807) is 0 Å². The van der Waals surface area contributed by atoms with Crippen LogP contribution in [0.2, 0.25) is 0 Å². The largest absolute Gasteiger partial charge is 0.455 e. The van der Waals surface area contributed by atoms with Crippen molar-refractivity contribution in [1.82, 2.24) is 0 Å². The SMILES string of the molecule is CC1(C)c2cc(-c3cc(-c4ccc(N(c5ccc(-c6ccccc6)cc5)c5ccc(-c6ccc(-c7ccccc7)cc6)cc5)cc4)c4oc5ccccc5c4c3)ccc2-c2ccc(N(c3ccccc3-c3ccccc3)c3cccc4c3-c3ccccc3C4(c3ccccc3)c3ccccc3)cc21. The second kappa shape index (κ2) is 25.0. The van der Waals surface area contributed by atoms with Gasteiger partial charge in [-0.15, -0.1) is 0 Å². The van der Waals surface area contributed by atoms with Crippen molar-refractivity contribution in [3.8, 4) is 89.0 Å². The number of hydrogen-bond acceptors (Lipinski definition) is 3. The molecule has 2 aliphatic rings. The lowest BCUT2D eigenvalue weighted by Gasteiger charge is -2.35. The van der Waals surface area contributed by atoms with Crippen LogP contribution in [0.25, 0.3) is 111 Å². The van der Waals surface area contributed by atoms with Crippen molar-refractivity contribution < 1.29 is 4.42 Å². The van der Waals surface area contributed by atoms with Gasteiger partial charge >= 0.3 is 0 Å². The molecule has 17 aromatic rings. The highest BCUT2D eigenvalue weighted by molar-refractivity contribution is 6.12. The standard InChI is InChI=1S/C100H70N2O/c1-99(2)92-65-75(53-61-84(92)85-62-60-82(66-93(85)99)102(94-40-22-19-35-83(94)73-29-12-5-13-30-73)95-41-24-39-91-97(95)87-37-18-21-38-90(87)100(91,77-31-14-6-15-32-77)78-33-16-7-17-34-78)76-63-88(98-89(64-76)86-36-20-23-42-96(86)103-98)74-51-58-81(59-52-74)101(79-54-47-71(48-55-79)68-27-10-4-11-28-68)80-56-49-72(50-57-80)70-45-43-69(44-46-70)67-25-8-3-9-26-67/h3-66H,1-2H3. The Bertz CT molecular complexity index is 5980. The van der Waals surface area contributed by atoms with E-state index >= 15 is 0 Å². The topological polar surface area (TPSA) is 19.6 Å². The summed E-state index contributed by atoms with van der Waals surface area (Å²) in [5.41, 5.74) is 33.7. The summed E-state index contributed by atoms with van der Waals surface area (Å²) >= 11 is 0. The summed E-state index contributed by atoms with van der Waals surface area (Å²) in [5.74, 6) is 0. The van der Waals surface area contributed by atoms with E-state index in [1.165, 1.54) is 83.5 Å². The van der Waals surface area contributed by atoms with Crippen molar-refractivity contribution in [3.63, 3.8) is 0 Å². The first kappa shape index (κ1) is 61.0. The number of para-hydroxylation sites is 2. The summed E-state index contributed by atoms with van der Waals surface area (Å²) in [6, 6.07) is 143. The van der Waals surface area contributed by atoms with Gasteiger partial charge in [0.05, 0.1) is 16.8 Å². The monoisotopic (exact) mass is 1310 g/mol. The van der Waals surface area contributed by atoms with Crippen LogP contribution < -0.4 is 9.80 Å². The lowest BCUT2D eigenvalue weighted by molar-refractivity contribution is 0.660. The maximum atomic E-state index is 6.92. The molecule has 103 heavy (non-hydrogen) atoms. The van der Waals surface area contributed by atoms with Crippen LogP contribution in [0.3, 0.4) is 0 Å². The van der Waals surface area contributed by atoms with Crippen LogP contribution in [-0.2, 0) is 10.8 Å². The van der Waals surface area contributed by atoms with E-state index in [0.29, 0.717) is 0 Å². The lowest BCUT2D eigenvalue weighted by atomic mass is 9.68. The Morgan fingerprint density at radius 3 is 1.24 bits per heavy atom. The number of fused-ring (bicyclic) bond motifs is 9. The molecule has 3 heteroatoms. The fraction of sp³-hybridized carbons (Fsp3) is 0.0400. The first-order chi connectivity index (χ1) is 50.8. The summed E-state index contributed by atoms with van der Waals surface area (Å²) in [4.78, 5) is 4.91. The highest BCUT2D eigenvalue weighted by atomic mass is 16.3. The zero-order valence-electron chi connectivity index (χ0n) is 57.3. The van der Waals surface area contributed by atoms with Crippen molar-refractivity contribution >= 4 is 56.1 Å². The van der Waals surface area contributed by atoms with Gasteiger partial charge in [0.1, 0.15) is 11.2 Å². The minimum absolute atomic E-state index is 0.379. The third kappa shape index (κ3) is 10.3. The van der Waals surface area contributed by atoms with Gasteiger partial charge < -0.3 is 14.2 Å². The van der Waals surface area contributed by atoms with Crippen molar-refractivity contribution in [1.29, 1.82) is 0 Å². The van der Waals surface area contributed by atoms with Crippen molar-refractivity contribution in [2.75, 3.05) is 9.80 Å². The van der Waals surface area contributed by atoms with Gasteiger partial charge in [-0.1, -0.05) is 317 Å². The Morgan fingerprint density at radius 1 is 0.233 bits per heavy atom. The number of rotatable bonds is 14. The van der Waals surface area contributed by atoms with E-state index < -0.39 is 5.41 Å². The van der Waals surface area contributed by atoms with Gasteiger partial charge in [0.2, 0.25) is 0 Å². The minimum atomic E-state index is -0.568. The Hall–Kier alpha value is -13.1. The maximum absolute atomic E-state index is 6.92. The van der Waals surface area contributed by atoms with Gasteiger partial charge in [-0.05, 0) is 191 Å². The molecule has 0 spiro atoms. The second-order valence-electron chi connectivity index (χ2n) is 27.8.